The average molecular weight is 464 g/mol. The molecule has 0 spiro atoms. The van der Waals surface area contributed by atoms with Gasteiger partial charge in [0, 0.05) is 27.6 Å². The maximum atomic E-state index is 6.31. The van der Waals surface area contributed by atoms with E-state index in [2.05, 4.69) is 26.5 Å². The highest BCUT2D eigenvalue weighted by Crippen LogP contribution is 2.42. The maximum Gasteiger partial charge on any atom is 0.189 e. The highest BCUT2D eigenvalue weighted by atomic mass is 79.9. The number of methoxy groups -OCH3 is 1. The van der Waals surface area contributed by atoms with E-state index in [1.807, 2.05) is 30.3 Å². The van der Waals surface area contributed by atoms with E-state index < -0.39 is 0 Å². The SMILES string of the molecule is COc1ccc2c(c1)/C(=N\NC(N)=S)CC(c1cc(Br)cc3c1OCOC3)O2. The van der Waals surface area contributed by atoms with Crippen LogP contribution in [0, 0.1) is 0 Å². The first kappa shape index (κ1) is 19.0. The Bertz CT molecular complexity index is 966. The number of hydrogen-bond acceptors (Lipinski definition) is 6. The molecule has 2 aliphatic rings. The lowest BCUT2D eigenvalue weighted by atomic mass is 9.93. The normalized spacial score (nSPS) is 19.1. The Morgan fingerprint density at radius 1 is 1.36 bits per heavy atom. The summed E-state index contributed by atoms with van der Waals surface area (Å²) in [6.45, 7) is 0.707. The number of nitrogens with zero attached hydrogens (tertiary/aromatic N) is 1. The number of nitrogens with one attached hydrogen (secondary N) is 1. The van der Waals surface area contributed by atoms with Gasteiger partial charge in [-0.2, -0.15) is 5.10 Å². The van der Waals surface area contributed by atoms with Crippen molar-refractivity contribution in [2.45, 2.75) is 19.1 Å². The Hall–Kier alpha value is -2.36. The third kappa shape index (κ3) is 3.78. The Kier molecular flexibility index (Phi) is 5.38. The fourth-order valence-electron chi connectivity index (χ4n) is 3.29. The number of benzene rings is 2. The van der Waals surface area contributed by atoms with Crippen molar-refractivity contribution >= 4 is 39.0 Å². The number of hydrogen-bond donors (Lipinski definition) is 2. The first-order chi connectivity index (χ1) is 13.5. The summed E-state index contributed by atoms with van der Waals surface area (Å²) in [5.41, 5.74) is 11.7. The zero-order valence-corrected chi connectivity index (χ0v) is 17.4. The predicted molar refractivity (Wildman–Crippen MR) is 112 cm³/mol. The van der Waals surface area contributed by atoms with Crippen LogP contribution in [0.2, 0.25) is 0 Å². The van der Waals surface area contributed by atoms with Crippen LogP contribution in [0.3, 0.4) is 0 Å². The Balaban J connectivity index is 1.77. The van der Waals surface area contributed by atoms with Crippen molar-refractivity contribution in [1.82, 2.24) is 5.43 Å². The predicted octanol–water partition coefficient (Wildman–Crippen LogP) is 3.39. The molecule has 0 fully saturated rings. The second-order valence-electron chi connectivity index (χ2n) is 6.30. The van der Waals surface area contributed by atoms with Gasteiger partial charge in [-0.25, -0.2) is 0 Å². The van der Waals surface area contributed by atoms with E-state index in [1.54, 1.807) is 7.11 Å². The van der Waals surface area contributed by atoms with Crippen molar-refractivity contribution in [2.24, 2.45) is 10.8 Å². The topological polar surface area (TPSA) is 87.3 Å². The van der Waals surface area contributed by atoms with Crippen LogP contribution in [0.15, 0.2) is 39.9 Å². The monoisotopic (exact) mass is 463 g/mol. The molecule has 3 N–H and O–H groups in total. The number of rotatable bonds is 3. The molecule has 0 saturated carbocycles. The van der Waals surface area contributed by atoms with Crippen molar-refractivity contribution < 1.29 is 18.9 Å². The van der Waals surface area contributed by atoms with Crippen LogP contribution in [0.25, 0.3) is 0 Å². The van der Waals surface area contributed by atoms with E-state index in [4.69, 9.17) is 36.9 Å². The van der Waals surface area contributed by atoms with Crippen LogP contribution in [-0.4, -0.2) is 24.7 Å². The highest BCUT2D eigenvalue weighted by molar-refractivity contribution is 9.10. The number of thiocarbonyl (C=S) groups is 1. The lowest BCUT2D eigenvalue weighted by molar-refractivity contribution is -0.0183. The van der Waals surface area contributed by atoms with Gasteiger partial charge in [0.05, 0.1) is 19.4 Å². The lowest BCUT2D eigenvalue weighted by Crippen LogP contribution is -2.29. The highest BCUT2D eigenvalue weighted by Gasteiger charge is 2.31. The van der Waals surface area contributed by atoms with Crippen LogP contribution >= 0.6 is 28.1 Å². The Labute approximate surface area is 175 Å². The largest absolute Gasteiger partial charge is 0.497 e. The molecule has 0 aromatic heterocycles. The van der Waals surface area contributed by atoms with Crippen LogP contribution < -0.4 is 25.4 Å². The van der Waals surface area contributed by atoms with Crippen LogP contribution in [-0.2, 0) is 11.3 Å². The molecule has 4 rings (SSSR count). The van der Waals surface area contributed by atoms with Crippen LogP contribution in [0.1, 0.15) is 29.2 Å². The van der Waals surface area contributed by atoms with Gasteiger partial charge in [-0.1, -0.05) is 15.9 Å². The summed E-state index contributed by atoms with van der Waals surface area (Å²) in [6, 6.07) is 9.59. The number of fused-ring (bicyclic) bond motifs is 2. The van der Waals surface area contributed by atoms with Crippen molar-refractivity contribution in [3.05, 3.63) is 51.5 Å². The summed E-state index contributed by atoms with van der Waals surface area (Å²) >= 11 is 8.46. The van der Waals surface area contributed by atoms with Gasteiger partial charge in [-0.3, -0.25) is 5.43 Å². The molecule has 0 amide bonds. The first-order valence-corrected chi connectivity index (χ1v) is 9.75. The van der Waals surface area contributed by atoms with Crippen LogP contribution in [0.4, 0.5) is 0 Å². The number of hydrazone groups is 1. The molecule has 2 heterocycles. The summed E-state index contributed by atoms with van der Waals surface area (Å²) in [4.78, 5) is 0. The molecule has 1 atom stereocenters. The summed E-state index contributed by atoms with van der Waals surface area (Å²) in [5, 5.41) is 4.49. The standard InChI is InChI=1S/C19H18BrN3O4S/c1-24-12-2-3-16-13(6-12)15(22-23-19(21)28)7-17(27-16)14-5-11(20)4-10-8-25-9-26-18(10)14/h2-6,17H,7-9H2,1H3,(H3,21,23,28)/b22-15-. The minimum Gasteiger partial charge on any atom is -0.497 e. The van der Waals surface area contributed by atoms with Gasteiger partial charge >= 0.3 is 0 Å². The lowest BCUT2D eigenvalue weighted by Gasteiger charge is -2.30. The quantitative estimate of drug-likeness (QED) is 0.532. The van der Waals surface area contributed by atoms with Crippen LogP contribution in [0.5, 0.6) is 17.2 Å². The summed E-state index contributed by atoms with van der Waals surface area (Å²) in [7, 11) is 1.62. The number of halogens is 1. The molecule has 28 heavy (non-hydrogen) atoms. The Morgan fingerprint density at radius 3 is 3.00 bits per heavy atom. The van der Waals surface area contributed by atoms with Gasteiger partial charge in [0.15, 0.2) is 11.9 Å². The van der Waals surface area contributed by atoms with Crippen molar-refractivity contribution in [1.29, 1.82) is 0 Å². The fourth-order valence-corrected chi connectivity index (χ4v) is 3.86. The summed E-state index contributed by atoms with van der Waals surface area (Å²) in [5.74, 6) is 2.20. The number of nitrogens with two attached hydrogens (primary N) is 1. The average Bonchev–Trinajstić information content (AvgIpc) is 2.70. The molecule has 9 heteroatoms. The molecular formula is C19H18BrN3O4S. The van der Waals surface area contributed by atoms with Crippen molar-refractivity contribution in [3.8, 4) is 17.2 Å². The molecular weight excluding hydrogens is 446 g/mol. The molecule has 0 bridgehead atoms. The van der Waals surface area contributed by atoms with Gasteiger partial charge in [-0.15, -0.1) is 0 Å². The second kappa shape index (κ2) is 7.94. The smallest absolute Gasteiger partial charge is 0.189 e. The zero-order valence-electron chi connectivity index (χ0n) is 15.0. The van der Waals surface area contributed by atoms with Gasteiger partial charge in [-0.05, 0) is 42.5 Å². The summed E-state index contributed by atoms with van der Waals surface area (Å²) in [6.07, 6.45) is 0.209. The molecule has 146 valence electrons. The third-order valence-electron chi connectivity index (χ3n) is 4.50. The van der Waals surface area contributed by atoms with Gasteiger partial charge in [0.2, 0.25) is 0 Å². The first-order valence-electron chi connectivity index (χ1n) is 8.55. The number of ether oxygens (including phenoxy) is 4. The minimum absolute atomic E-state index is 0.0975. The molecule has 0 radical (unpaired) electrons. The molecule has 7 nitrogen and oxygen atoms in total. The van der Waals surface area contributed by atoms with E-state index >= 15 is 0 Å². The van der Waals surface area contributed by atoms with E-state index in [0.717, 1.165) is 32.6 Å². The molecule has 1 unspecified atom stereocenters. The van der Waals surface area contributed by atoms with Crippen molar-refractivity contribution in [2.75, 3.05) is 13.9 Å². The van der Waals surface area contributed by atoms with E-state index in [1.165, 1.54) is 0 Å². The van der Waals surface area contributed by atoms with E-state index in [0.29, 0.717) is 24.5 Å². The molecule has 2 aliphatic heterocycles. The fraction of sp³-hybridized carbons (Fsp3) is 0.263. The second-order valence-corrected chi connectivity index (χ2v) is 7.66. The minimum atomic E-state index is -0.294. The van der Waals surface area contributed by atoms with E-state index in [-0.39, 0.29) is 18.0 Å². The van der Waals surface area contributed by atoms with Gasteiger partial charge in [0.1, 0.15) is 23.4 Å². The van der Waals surface area contributed by atoms with E-state index in [9.17, 15) is 0 Å². The molecule has 0 aliphatic carbocycles. The Morgan fingerprint density at radius 2 is 2.21 bits per heavy atom. The summed E-state index contributed by atoms with van der Waals surface area (Å²) < 4.78 is 23.8. The molecule has 2 aromatic rings. The maximum absolute atomic E-state index is 6.31. The van der Waals surface area contributed by atoms with Crippen molar-refractivity contribution in [3.63, 3.8) is 0 Å². The third-order valence-corrected chi connectivity index (χ3v) is 5.05. The molecule has 0 saturated heterocycles. The molecule has 2 aromatic carbocycles. The zero-order chi connectivity index (χ0) is 19.7. The van der Waals surface area contributed by atoms with Gasteiger partial charge in [0.25, 0.3) is 0 Å². The van der Waals surface area contributed by atoms with Gasteiger partial charge < -0.3 is 24.7 Å².